The van der Waals surface area contributed by atoms with Gasteiger partial charge in [0.05, 0.1) is 0 Å². The highest BCUT2D eigenvalue weighted by atomic mass is 16.1. The maximum Gasteiger partial charge on any atom is 0.225 e. The van der Waals surface area contributed by atoms with Crippen molar-refractivity contribution in [2.24, 2.45) is 0 Å². The third kappa shape index (κ3) is 4.07. The van der Waals surface area contributed by atoms with Gasteiger partial charge in [-0.05, 0) is 35.7 Å². The fourth-order valence-electron chi connectivity index (χ4n) is 2.97. The minimum absolute atomic E-state index is 0.0174. The molecule has 0 radical (unpaired) electrons. The van der Waals surface area contributed by atoms with Crippen molar-refractivity contribution in [1.29, 1.82) is 0 Å². The summed E-state index contributed by atoms with van der Waals surface area (Å²) in [6, 6.07) is 25.8. The smallest absolute Gasteiger partial charge is 0.225 e. The molecule has 126 valence electrons. The summed E-state index contributed by atoms with van der Waals surface area (Å²) < 4.78 is 0. The van der Waals surface area contributed by atoms with E-state index in [0.29, 0.717) is 12.1 Å². The highest BCUT2D eigenvalue weighted by molar-refractivity contribution is 5.93. The van der Waals surface area contributed by atoms with Gasteiger partial charge in [0.15, 0.2) is 0 Å². The molecule has 1 amide bonds. The lowest BCUT2D eigenvalue weighted by Crippen LogP contribution is -2.17. The van der Waals surface area contributed by atoms with E-state index >= 15 is 0 Å². The second kappa shape index (κ2) is 7.67. The molecule has 3 nitrogen and oxygen atoms in total. The van der Waals surface area contributed by atoms with Gasteiger partial charge in [-0.15, -0.1) is 0 Å². The Balaban J connectivity index is 1.83. The van der Waals surface area contributed by atoms with E-state index in [-0.39, 0.29) is 11.8 Å². The molecule has 25 heavy (non-hydrogen) atoms. The fourth-order valence-corrected chi connectivity index (χ4v) is 2.97. The fraction of sp³-hybridized carbons (Fsp3) is 0.136. The van der Waals surface area contributed by atoms with Gasteiger partial charge in [0, 0.05) is 23.7 Å². The first kappa shape index (κ1) is 16.8. The van der Waals surface area contributed by atoms with Crippen molar-refractivity contribution in [3.8, 4) is 0 Å². The SMILES string of the molecule is Cc1c(N)cccc1NC(=O)CC(c1ccccc1)c1ccccc1. The van der Waals surface area contributed by atoms with Crippen molar-refractivity contribution in [2.75, 3.05) is 11.1 Å². The van der Waals surface area contributed by atoms with Crippen molar-refractivity contribution in [2.45, 2.75) is 19.3 Å². The standard InChI is InChI=1S/C22H22N2O/c1-16-20(23)13-8-14-21(16)24-22(25)15-19(17-9-4-2-5-10-17)18-11-6-3-7-12-18/h2-14,19H,15,23H2,1H3,(H,24,25). The Labute approximate surface area is 148 Å². The van der Waals surface area contributed by atoms with Crippen LogP contribution in [0.1, 0.15) is 29.0 Å². The Kier molecular flexibility index (Phi) is 5.14. The van der Waals surface area contributed by atoms with Crippen LogP contribution in [-0.2, 0) is 4.79 Å². The highest BCUT2D eigenvalue weighted by Crippen LogP contribution is 2.29. The van der Waals surface area contributed by atoms with E-state index in [1.807, 2.05) is 61.5 Å². The third-order valence-corrected chi connectivity index (χ3v) is 4.44. The van der Waals surface area contributed by atoms with Crippen LogP contribution in [-0.4, -0.2) is 5.91 Å². The van der Waals surface area contributed by atoms with Crippen LogP contribution < -0.4 is 11.1 Å². The zero-order valence-corrected chi connectivity index (χ0v) is 14.3. The molecule has 0 spiro atoms. The molecule has 0 heterocycles. The largest absolute Gasteiger partial charge is 0.398 e. The first-order valence-electron chi connectivity index (χ1n) is 8.40. The van der Waals surface area contributed by atoms with Crippen molar-refractivity contribution >= 4 is 17.3 Å². The van der Waals surface area contributed by atoms with E-state index in [1.54, 1.807) is 0 Å². The number of hydrogen-bond donors (Lipinski definition) is 2. The van der Waals surface area contributed by atoms with Crippen LogP contribution in [0.3, 0.4) is 0 Å². The number of benzene rings is 3. The van der Waals surface area contributed by atoms with Gasteiger partial charge in [-0.2, -0.15) is 0 Å². The van der Waals surface area contributed by atoms with Gasteiger partial charge < -0.3 is 11.1 Å². The summed E-state index contributed by atoms with van der Waals surface area (Å²) in [7, 11) is 0. The Morgan fingerprint density at radius 3 is 2.00 bits per heavy atom. The lowest BCUT2D eigenvalue weighted by Gasteiger charge is -2.18. The summed E-state index contributed by atoms with van der Waals surface area (Å²) >= 11 is 0. The van der Waals surface area contributed by atoms with Gasteiger partial charge >= 0.3 is 0 Å². The number of carbonyl (C=O) groups is 1. The average Bonchev–Trinajstić information content (AvgIpc) is 2.65. The number of anilines is 2. The number of amides is 1. The maximum atomic E-state index is 12.7. The minimum atomic E-state index is -0.0218. The summed E-state index contributed by atoms with van der Waals surface area (Å²) in [5.41, 5.74) is 10.5. The lowest BCUT2D eigenvalue weighted by molar-refractivity contribution is -0.116. The first-order chi connectivity index (χ1) is 12.1. The molecule has 3 aromatic carbocycles. The van der Waals surface area contributed by atoms with Crippen molar-refractivity contribution in [3.63, 3.8) is 0 Å². The highest BCUT2D eigenvalue weighted by Gasteiger charge is 2.18. The predicted molar refractivity (Wildman–Crippen MR) is 104 cm³/mol. The monoisotopic (exact) mass is 330 g/mol. The molecular formula is C22H22N2O. The topological polar surface area (TPSA) is 55.1 Å². The summed E-state index contributed by atoms with van der Waals surface area (Å²) in [6.07, 6.45) is 0.377. The van der Waals surface area contributed by atoms with Gasteiger partial charge in [0.1, 0.15) is 0 Å². The van der Waals surface area contributed by atoms with Crippen molar-refractivity contribution < 1.29 is 4.79 Å². The van der Waals surface area contributed by atoms with E-state index in [9.17, 15) is 4.79 Å². The van der Waals surface area contributed by atoms with E-state index < -0.39 is 0 Å². The Hall–Kier alpha value is -3.07. The van der Waals surface area contributed by atoms with Gasteiger partial charge in [0.25, 0.3) is 0 Å². The van der Waals surface area contributed by atoms with E-state index in [2.05, 4.69) is 29.6 Å². The molecular weight excluding hydrogens is 308 g/mol. The molecule has 0 atom stereocenters. The van der Waals surface area contributed by atoms with Gasteiger partial charge in [-0.1, -0.05) is 66.7 Å². The molecule has 0 fully saturated rings. The normalized spacial score (nSPS) is 10.6. The Morgan fingerprint density at radius 1 is 0.880 bits per heavy atom. The number of nitrogens with one attached hydrogen (secondary N) is 1. The number of rotatable bonds is 5. The third-order valence-electron chi connectivity index (χ3n) is 4.44. The zero-order valence-electron chi connectivity index (χ0n) is 14.3. The van der Waals surface area contributed by atoms with Crippen molar-refractivity contribution in [1.82, 2.24) is 0 Å². The minimum Gasteiger partial charge on any atom is -0.398 e. The summed E-state index contributed by atoms with van der Waals surface area (Å²) in [4.78, 5) is 12.7. The van der Waals surface area contributed by atoms with Crippen LogP contribution in [0.4, 0.5) is 11.4 Å². The van der Waals surface area contributed by atoms with Crippen LogP contribution >= 0.6 is 0 Å². The molecule has 0 aliphatic carbocycles. The zero-order chi connectivity index (χ0) is 17.6. The molecule has 0 saturated carbocycles. The molecule has 3 N–H and O–H groups in total. The number of carbonyl (C=O) groups excluding carboxylic acids is 1. The van der Waals surface area contributed by atoms with Crippen LogP contribution in [0.15, 0.2) is 78.9 Å². The molecule has 0 saturated heterocycles. The summed E-state index contributed by atoms with van der Waals surface area (Å²) in [5.74, 6) is -0.00447. The molecule has 0 aromatic heterocycles. The summed E-state index contributed by atoms with van der Waals surface area (Å²) in [5, 5.41) is 3.00. The van der Waals surface area contributed by atoms with E-state index in [1.165, 1.54) is 0 Å². The molecule has 0 aliphatic rings. The number of hydrogen-bond acceptors (Lipinski definition) is 2. The molecule has 0 bridgehead atoms. The number of nitrogens with two attached hydrogens (primary N) is 1. The van der Waals surface area contributed by atoms with Crippen molar-refractivity contribution in [3.05, 3.63) is 95.6 Å². The van der Waals surface area contributed by atoms with Crippen LogP contribution in [0.5, 0.6) is 0 Å². The average molecular weight is 330 g/mol. The van der Waals surface area contributed by atoms with E-state index in [0.717, 1.165) is 22.4 Å². The van der Waals surface area contributed by atoms with Crippen LogP contribution in [0.25, 0.3) is 0 Å². The lowest BCUT2D eigenvalue weighted by atomic mass is 9.88. The van der Waals surface area contributed by atoms with Gasteiger partial charge in [-0.3, -0.25) is 4.79 Å². The number of nitrogen functional groups attached to an aromatic ring is 1. The second-order valence-electron chi connectivity index (χ2n) is 6.15. The molecule has 3 aromatic rings. The van der Waals surface area contributed by atoms with Gasteiger partial charge in [0.2, 0.25) is 5.91 Å². The summed E-state index contributed by atoms with van der Waals surface area (Å²) in [6.45, 7) is 1.91. The maximum absolute atomic E-state index is 12.7. The molecule has 0 aliphatic heterocycles. The quantitative estimate of drug-likeness (QED) is 0.664. The Bertz CT molecular complexity index is 805. The predicted octanol–water partition coefficient (Wildman–Crippen LogP) is 4.74. The van der Waals surface area contributed by atoms with Crippen LogP contribution in [0, 0.1) is 6.92 Å². The Morgan fingerprint density at radius 2 is 1.44 bits per heavy atom. The molecule has 3 heteroatoms. The van der Waals surface area contributed by atoms with E-state index in [4.69, 9.17) is 5.73 Å². The molecule has 0 unspecified atom stereocenters. The molecule has 3 rings (SSSR count). The van der Waals surface area contributed by atoms with Crippen LogP contribution in [0.2, 0.25) is 0 Å². The first-order valence-corrected chi connectivity index (χ1v) is 8.40. The van der Waals surface area contributed by atoms with Gasteiger partial charge in [-0.25, -0.2) is 0 Å². The second-order valence-corrected chi connectivity index (χ2v) is 6.15.